The van der Waals surface area contributed by atoms with Gasteiger partial charge in [-0.05, 0) is 68.0 Å². The third-order valence-electron chi connectivity index (χ3n) is 4.22. The summed E-state index contributed by atoms with van der Waals surface area (Å²) < 4.78 is 5.16. The number of aryl methyl sites for hydroxylation is 2. The molecule has 0 fully saturated rings. The van der Waals surface area contributed by atoms with Gasteiger partial charge in [0.1, 0.15) is 5.75 Å². The van der Waals surface area contributed by atoms with Crippen molar-refractivity contribution in [2.75, 3.05) is 7.11 Å². The van der Waals surface area contributed by atoms with Crippen LogP contribution in [-0.4, -0.2) is 19.1 Å². The fourth-order valence-electron chi connectivity index (χ4n) is 2.70. The molecule has 1 amide bonds. The SMILES string of the molecule is COc1ccc(CCC(C)NC(=O)CCCc2ccc(Cl)cc2)cc1. The molecule has 3 nitrogen and oxygen atoms in total. The Morgan fingerprint density at radius 3 is 2.28 bits per heavy atom. The van der Waals surface area contributed by atoms with Gasteiger partial charge >= 0.3 is 0 Å². The van der Waals surface area contributed by atoms with Gasteiger partial charge in [0.25, 0.3) is 0 Å². The van der Waals surface area contributed by atoms with Crippen molar-refractivity contribution in [3.05, 3.63) is 64.7 Å². The number of carbonyl (C=O) groups excluding carboxylic acids is 1. The Kier molecular flexibility index (Phi) is 7.80. The topological polar surface area (TPSA) is 38.3 Å². The van der Waals surface area contributed by atoms with Crippen LogP contribution in [0.4, 0.5) is 0 Å². The van der Waals surface area contributed by atoms with Crippen molar-refractivity contribution >= 4 is 17.5 Å². The average Bonchev–Trinajstić information content (AvgIpc) is 2.62. The second-order valence-electron chi connectivity index (χ2n) is 6.34. The third kappa shape index (κ3) is 7.18. The van der Waals surface area contributed by atoms with Gasteiger partial charge in [-0.25, -0.2) is 0 Å². The summed E-state index contributed by atoms with van der Waals surface area (Å²) in [5, 5.41) is 3.83. The molecule has 1 unspecified atom stereocenters. The van der Waals surface area contributed by atoms with Crippen molar-refractivity contribution < 1.29 is 9.53 Å². The third-order valence-corrected chi connectivity index (χ3v) is 4.47. The molecule has 1 N–H and O–H groups in total. The van der Waals surface area contributed by atoms with Crippen LogP contribution in [0.1, 0.15) is 37.3 Å². The molecule has 0 spiro atoms. The zero-order valence-corrected chi connectivity index (χ0v) is 15.7. The van der Waals surface area contributed by atoms with Crippen LogP contribution in [0.25, 0.3) is 0 Å². The van der Waals surface area contributed by atoms with Crippen molar-refractivity contribution in [3.8, 4) is 5.75 Å². The molecule has 25 heavy (non-hydrogen) atoms. The molecule has 0 heterocycles. The summed E-state index contributed by atoms with van der Waals surface area (Å²) in [4.78, 5) is 12.0. The summed E-state index contributed by atoms with van der Waals surface area (Å²) in [6.45, 7) is 2.06. The zero-order chi connectivity index (χ0) is 18.1. The highest BCUT2D eigenvalue weighted by atomic mass is 35.5. The molecule has 0 saturated carbocycles. The molecule has 2 aromatic carbocycles. The van der Waals surface area contributed by atoms with E-state index in [0.29, 0.717) is 6.42 Å². The minimum Gasteiger partial charge on any atom is -0.497 e. The number of nitrogens with one attached hydrogen (secondary N) is 1. The van der Waals surface area contributed by atoms with E-state index < -0.39 is 0 Å². The standard InChI is InChI=1S/C21H26ClNO2/c1-16(6-7-18-10-14-20(25-2)15-11-18)23-21(24)5-3-4-17-8-12-19(22)13-9-17/h8-16H,3-7H2,1-2H3,(H,23,24). The zero-order valence-electron chi connectivity index (χ0n) is 14.9. The lowest BCUT2D eigenvalue weighted by molar-refractivity contribution is -0.121. The van der Waals surface area contributed by atoms with Crippen LogP contribution in [0.15, 0.2) is 48.5 Å². The lowest BCUT2D eigenvalue weighted by Gasteiger charge is -2.14. The maximum Gasteiger partial charge on any atom is 0.220 e. The Morgan fingerprint density at radius 1 is 1.04 bits per heavy atom. The molecule has 1 atom stereocenters. The molecule has 0 bridgehead atoms. The smallest absolute Gasteiger partial charge is 0.220 e. The molecule has 0 aliphatic carbocycles. The van der Waals surface area contributed by atoms with Gasteiger partial charge in [0.15, 0.2) is 0 Å². The molecular weight excluding hydrogens is 334 g/mol. The average molecular weight is 360 g/mol. The first kappa shape index (κ1) is 19.3. The van der Waals surface area contributed by atoms with E-state index >= 15 is 0 Å². The summed E-state index contributed by atoms with van der Waals surface area (Å²) in [6.07, 6.45) is 4.16. The Morgan fingerprint density at radius 2 is 1.64 bits per heavy atom. The fraction of sp³-hybridized carbons (Fsp3) is 0.381. The van der Waals surface area contributed by atoms with Crippen LogP contribution in [0.2, 0.25) is 5.02 Å². The van der Waals surface area contributed by atoms with Gasteiger partial charge in [0.2, 0.25) is 5.91 Å². The van der Waals surface area contributed by atoms with E-state index in [-0.39, 0.29) is 11.9 Å². The summed E-state index contributed by atoms with van der Waals surface area (Å²) >= 11 is 5.87. The Bertz CT molecular complexity index is 653. The maximum absolute atomic E-state index is 12.0. The summed E-state index contributed by atoms with van der Waals surface area (Å²) in [5.74, 6) is 0.988. The summed E-state index contributed by atoms with van der Waals surface area (Å²) in [6, 6.07) is 16.0. The van der Waals surface area contributed by atoms with Crippen molar-refractivity contribution in [3.63, 3.8) is 0 Å². The lowest BCUT2D eigenvalue weighted by atomic mass is 10.1. The molecule has 2 aromatic rings. The number of halogens is 1. The largest absolute Gasteiger partial charge is 0.497 e. The molecule has 0 radical (unpaired) electrons. The van der Waals surface area contributed by atoms with Crippen LogP contribution in [-0.2, 0) is 17.6 Å². The molecular formula is C21H26ClNO2. The van der Waals surface area contributed by atoms with Crippen LogP contribution in [0.3, 0.4) is 0 Å². The van der Waals surface area contributed by atoms with Crippen molar-refractivity contribution in [1.29, 1.82) is 0 Å². The van der Waals surface area contributed by atoms with Gasteiger partial charge in [-0.1, -0.05) is 35.9 Å². The quantitative estimate of drug-likeness (QED) is 0.697. The number of methoxy groups -OCH3 is 1. The molecule has 2 rings (SSSR count). The Labute approximate surface area is 155 Å². The Hall–Kier alpha value is -2.00. The second kappa shape index (κ2) is 10.1. The number of carbonyl (C=O) groups is 1. The van der Waals surface area contributed by atoms with Gasteiger partial charge in [-0.15, -0.1) is 0 Å². The number of rotatable bonds is 9. The normalized spacial score (nSPS) is 11.8. The molecule has 4 heteroatoms. The lowest BCUT2D eigenvalue weighted by Crippen LogP contribution is -2.32. The number of benzene rings is 2. The summed E-state index contributed by atoms with van der Waals surface area (Å²) in [7, 11) is 1.67. The Balaban J connectivity index is 1.64. The molecule has 0 aliphatic heterocycles. The number of amides is 1. The first-order valence-electron chi connectivity index (χ1n) is 8.73. The van der Waals surface area contributed by atoms with E-state index in [4.69, 9.17) is 16.3 Å². The second-order valence-corrected chi connectivity index (χ2v) is 6.77. The molecule has 0 aromatic heterocycles. The number of ether oxygens (including phenoxy) is 1. The van der Waals surface area contributed by atoms with Crippen LogP contribution in [0, 0.1) is 0 Å². The predicted octanol–water partition coefficient (Wildman–Crippen LogP) is 4.81. The van der Waals surface area contributed by atoms with Crippen LogP contribution in [0.5, 0.6) is 5.75 Å². The molecule has 0 saturated heterocycles. The number of hydrogen-bond donors (Lipinski definition) is 1. The summed E-state index contributed by atoms with van der Waals surface area (Å²) in [5.41, 5.74) is 2.47. The van der Waals surface area contributed by atoms with E-state index in [9.17, 15) is 4.79 Å². The van der Waals surface area contributed by atoms with Crippen molar-refractivity contribution in [2.24, 2.45) is 0 Å². The minimum absolute atomic E-state index is 0.121. The van der Waals surface area contributed by atoms with E-state index in [1.807, 2.05) is 36.4 Å². The van der Waals surface area contributed by atoms with E-state index in [1.165, 1.54) is 11.1 Å². The van der Waals surface area contributed by atoms with Crippen LogP contribution < -0.4 is 10.1 Å². The van der Waals surface area contributed by atoms with Gasteiger partial charge < -0.3 is 10.1 Å². The van der Waals surface area contributed by atoms with Gasteiger partial charge in [-0.3, -0.25) is 4.79 Å². The highest BCUT2D eigenvalue weighted by molar-refractivity contribution is 6.30. The van der Waals surface area contributed by atoms with E-state index in [0.717, 1.165) is 36.5 Å². The van der Waals surface area contributed by atoms with Gasteiger partial charge in [-0.2, -0.15) is 0 Å². The highest BCUT2D eigenvalue weighted by Crippen LogP contribution is 2.14. The molecule has 134 valence electrons. The van der Waals surface area contributed by atoms with Crippen molar-refractivity contribution in [1.82, 2.24) is 5.32 Å². The predicted molar refractivity (Wildman–Crippen MR) is 103 cm³/mol. The maximum atomic E-state index is 12.0. The first-order chi connectivity index (χ1) is 12.1. The van der Waals surface area contributed by atoms with Gasteiger partial charge in [0.05, 0.1) is 7.11 Å². The van der Waals surface area contributed by atoms with E-state index in [2.05, 4.69) is 24.4 Å². The fourth-order valence-corrected chi connectivity index (χ4v) is 2.82. The first-order valence-corrected chi connectivity index (χ1v) is 9.11. The number of hydrogen-bond acceptors (Lipinski definition) is 2. The van der Waals surface area contributed by atoms with Gasteiger partial charge in [0, 0.05) is 17.5 Å². The van der Waals surface area contributed by atoms with Crippen molar-refractivity contribution in [2.45, 2.75) is 45.1 Å². The van der Waals surface area contributed by atoms with Crippen LogP contribution >= 0.6 is 11.6 Å². The molecule has 0 aliphatic rings. The minimum atomic E-state index is 0.121. The van der Waals surface area contributed by atoms with E-state index in [1.54, 1.807) is 7.11 Å². The highest BCUT2D eigenvalue weighted by Gasteiger charge is 2.08. The monoisotopic (exact) mass is 359 g/mol.